The Kier molecular flexibility index (Phi) is 9.97. The first-order chi connectivity index (χ1) is 17.2. The highest BCUT2D eigenvalue weighted by atomic mass is 32.1. The maximum Gasteiger partial charge on any atom is 0.240 e. The lowest BCUT2D eigenvalue weighted by Gasteiger charge is -2.30. The summed E-state index contributed by atoms with van der Waals surface area (Å²) in [5.74, 6) is 0.818. The monoisotopic (exact) mass is 513 g/mol. The predicted octanol–water partition coefficient (Wildman–Crippen LogP) is 6.27. The molecule has 0 bridgehead atoms. The fourth-order valence-electron chi connectivity index (χ4n) is 4.00. The minimum absolute atomic E-state index is 0.0185. The summed E-state index contributed by atoms with van der Waals surface area (Å²) in [6, 6.07) is 10.7. The Bertz CT molecular complexity index is 1020. The second kappa shape index (κ2) is 12.7. The van der Waals surface area contributed by atoms with E-state index >= 15 is 0 Å². The van der Waals surface area contributed by atoms with Crippen LogP contribution in [0.1, 0.15) is 83.2 Å². The fourth-order valence-corrected chi connectivity index (χ4v) is 4.93. The zero-order valence-corrected chi connectivity index (χ0v) is 23.7. The topological polar surface area (TPSA) is 63.2 Å². The number of nitrogens with zero attached hydrogens (tertiary/aromatic N) is 2. The van der Waals surface area contributed by atoms with Gasteiger partial charge in [0.15, 0.2) is 0 Å². The van der Waals surface area contributed by atoms with E-state index in [4.69, 9.17) is 9.47 Å². The van der Waals surface area contributed by atoms with Crippen molar-refractivity contribution < 1.29 is 14.3 Å². The molecule has 0 spiro atoms. The number of hydrazone groups is 1. The van der Waals surface area contributed by atoms with Gasteiger partial charge in [-0.1, -0.05) is 53.7 Å². The van der Waals surface area contributed by atoms with Crippen LogP contribution in [0.25, 0.3) is 0 Å². The van der Waals surface area contributed by atoms with Gasteiger partial charge >= 0.3 is 0 Å². The molecule has 1 amide bonds. The number of rotatable bonds is 12. The summed E-state index contributed by atoms with van der Waals surface area (Å²) < 4.78 is 11.6. The Morgan fingerprint density at radius 1 is 1.11 bits per heavy atom. The van der Waals surface area contributed by atoms with Gasteiger partial charge in [-0.2, -0.15) is 5.10 Å². The Balaban J connectivity index is 1.48. The van der Waals surface area contributed by atoms with Gasteiger partial charge in [-0.05, 0) is 53.9 Å². The maximum atomic E-state index is 12.3. The minimum Gasteiger partial charge on any atom is -0.493 e. The molecule has 1 fully saturated rings. The van der Waals surface area contributed by atoms with Crippen molar-refractivity contribution in [1.82, 2.24) is 5.43 Å². The summed E-state index contributed by atoms with van der Waals surface area (Å²) in [5.41, 5.74) is 5.37. The second-order valence-electron chi connectivity index (χ2n) is 10.7. The van der Waals surface area contributed by atoms with Crippen LogP contribution in [-0.2, 0) is 20.4 Å². The molecule has 2 aromatic rings. The number of anilines is 1. The summed E-state index contributed by atoms with van der Waals surface area (Å²) in [6.45, 7) is 17.4. The van der Waals surface area contributed by atoms with Crippen LogP contribution in [0.3, 0.4) is 0 Å². The van der Waals surface area contributed by atoms with Crippen LogP contribution in [0.15, 0.2) is 35.4 Å². The van der Waals surface area contributed by atoms with Crippen molar-refractivity contribution in [3.8, 4) is 5.75 Å². The molecule has 198 valence electrons. The van der Waals surface area contributed by atoms with E-state index in [2.05, 4.69) is 81.2 Å². The maximum absolute atomic E-state index is 12.3. The van der Waals surface area contributed by atoms with E-state index in [0.717, 1.165) is 49.8 Å². The summed E-state index contributed by atoms with van der Waals surface area (Å²) in [7, 11) is 0. The third kappa shape index (κ3) is 7.56. The largest absolute Gasteiger partial charge is 0.493 e. The number of carbonyl (C=O) groups excluding carboxylic acids is 1. The molecule has 0 radical (unpaired) electrons. The van der Waals surface area contributed by atoms with Crippen molar-refractivity contribution in [2.24, 2.45) is 5.10 Å². The molecule has 1 aliphatic rings. The molecule has 1 N–H and O–H groups in total. The van der Waals surface area contributed by atoms with Gasteiger partial charge in [0.1, 0.15) is 5.75 Å². The highest BCUT2D eigenvalue weighted by Crippen LogP contribution is 2.38. The SMILES string of the molecule is CCC(C)(C)c1ccc(OCCCC(=O)N/N=C/c2ccc(N3CCOCC3)s2)c(C(C)(C)CC)c1. The van der Waals surface area contributed by atoms with Gasteiger partial charge in [-0.15, -0.1) is 11.3 Å². The van der Waals surface area contributed by atoms with Crippen molar-refractivity contribution in [3.05, 3.63) is 46.3 Å². The normalized spacial score (nSPS) is 14.9. The summed E-state index contributed by atoms with van der Waals surface area (Å²) in [6.07, 6.45) is 4.82. The second-order valence-corrected chi connectivity index (χ2v) is 11.8. The summed E-state index contributed by atoms with van der Waals surface area (Å²) >= 11 is 1.67. The molecule has 0 aliphatic carbocycles. The first-order valence-corrected chi connectivity index (χ1v) is 14.0. The molecule has 1 saturated heterocycles. The van der Waals surface area contributed by atoms with E-state index < -0.39 is 0 Å². The summed E-state index contributed by atoms with van der Waals surface area (Å²) in [5, 5.41) is 5.35. The first kappa shape index (κ1) is 28.2. The van der Waals surface area contributed by atoms with Gasteiger partial charge in [0.25, 0.3) is 0 Å². The Morgan fingerprint density at radius 3 is 2.53 bits per heavy atom. The van der Waals surface area contributed by atoms with Crippen LogP contribution in [0.4, 0.5) is 5.00 Å². The third-order valence-corrected chi connectivity index (χ3v) is 8.46. The standard InChI is InChI=1S/C29H43N3O3S/c1-7-28(3,4)22-11-13-25(24(20-22)29(5,6)8-2)35-17-9-10-26(33)31-30-21-23-12-14-27(36-23)32-15-18-34-19-16-32/h11-14,20-21H,7-10,15-19H2,1-6H3,(H,31,33)/b30-21+. The molecule has 1 aromatic heterocycles. The van der Waals surface area contributed by atoms with Gasteiger partial charge in [0.2, 0.25) is 5.91 Å². The number of hydrogen-bond donors (Lipinski definition) is 1. The van der Waals surface area contributed by atoms with Crippen molar-refractivity contribution in [1.29, 1.82) is 0 Å². The molecular formula is C29H43N3O3S. The number of morpholine rings is 1. The zero-order valence-electron chi connectivity index (χ0n) is 22.9. The molecule has 1 aromatic carbocycles. The Labute approximate surface area is 221 Å². The lowest BCUT2D eigenvalue weighted by molar-refractivity contribution is -0.121. The fraction of sp³-hybridized carbons (Fsp3) is 0.586. The molecule has 1 aliphatic heterocycles. The zero-order chi connectivity index (χ0) is 26.2. The van der Waals surface area contributed by atoms with E-state index in [0.29, 0.717) is 19.4 Å². The van der Waals surface area contributed by atoms with Gasteiger partial charge in [-0.3, -0.25) is 4.79 Å². The Morgan fingerprint density at radius 2 is 1.83 bits per heavy atom. The highest BCUT2D eigenvalue weighted by Gasteiger charge is 2.26. The summed E-state index contributed by atoms with van der Waals surface area (Å²) in [4.78, 5) is 15.6. The number of thiophene rings is 1. The Hall–Kier alpha value is -2.38. The highest BCUT2D eigenvalue weighted by molar-refractivity contribution is 7.17. The molecule has 7 heteroatoms. The van der Waals surface area contributed by atoms with E-state index in [-0.39, 0.29) is 16.7 Å². The van der Waals surface area contributed by atoms with Gasteiger partial charge in [0, 0.05) is 30.0 Å². The quantitative estimate of drug-likeness (QED) is 0.206. The van der Waals surface area contributed by atoms with Crippen molar-refractivity contribution in [3.63, 3.8) is 0 Å². The van der Waals surface area contributed by atoms with Crippen LogP contribution in [0, 0.1) is 0 Å². The van der Waals surface area contributed by atoms with Crippen LogP contribution in [0.2, 0.25) is 0 Å². The van der Waals surface area contributed by atoms with Crippen molar-refractivity contribution >= 4 is 28.5 Å². The molecule has 6 nitrogen and oxygen atoms in total. The van der Waals surface area contributed by atoms with Crippen LogP contribution in [-0.4, -0.2) is 45.0 Å². The average molecular weight is 514 g/mol. The van der Waals surface area contributed by atoms with Crippen LogP contribution < -0.4 is 15.1 Å². The molecule has 0 unspecified atom stereocenters. The minimum atomic E-state index is -0.103. The third-order valence-electron chi connectivity index (χ3n) is 7.38. The van der Waals surface area contributed by atoms with E-state index in [9.17, 15) is 4.79 Å². The number of nitrogens with one attached hydrogen (secondary N) is 1. The number of hydrogen-bond acceptors (Lipinski definition) is 6. The predicted molar refractivity (Wildman–Crippen MR) is 151 cm³/mol. The molecule has 0 saturated carbocycles. The number of amides is 1. The molecule has 3 rings (SSSR count). The average Bonchev–Trinajstić information content (AvgIpc) is 3.36. The van der Waals surface area contributed by atoms with Crippen LogP contribution >= 0.6 is 11.3 Å². The van der Waals surface area contributed by atoms with Crippen molar-refractivity contribution in [2.45, 2.75) is 78.1 Å². The van der Waals surface area contributed by atoms with Gasteiger partial charge in [0.05, 0.1) is 31.0 Å². The number of ether oxygens (including phenoxy) is 2. The lowest BCUT2D eigenvalue weighted by atomic mass is 9.76. The molecule has 0 atom stereocenters. The van der Waals surface area contributed by atoms with Crippen LogP contribution in [0.5, 0.6) is 5.75 Å². The van der Waals surface area contributed by atoms with Gasteiger partial charge in [-0.25, -0.2) is 5.43 Å². The smallest absolute Gasteiger partial charge is 0.240 e. The van der Waals surface area contributed by atoms with E-state index in [1.54, 1.807) is 17.6 Å². The molecule has 2 heterocycles. The number of benzene rings is 1. The van der Waals surface area contributed by atoms with E-state index in [1.165, 1.54) is 16.1 Å². The molecular weight excluding hydrogens is 470 g/mol. The van der Waals surface area contributed by atoms with Gasteiger partial charge < -0.3 is 14.4 Å². The molecule has 36 heavy (non-hydrogen) atoms. The number of carbonyl (C=O) groups is 1. The van der Waals surface area contributed by atoms with E-state index in [1.807, 2.05) is 6.07 Å². The lowest BCUT2D eigenvalue weighted by Crippen LogP contribution is -2.35. The first-order valence-electron chi connectivity index (χ1n) is 13.2. The van der Waals surface area contributed by atoms with Crippen molar-refractivity contribution in [2.75, 3.05) is 37.8 Å².